The van der Waals surface area contributed by atoms with Crippen molar-refractivity contribution < 1.29 is 14.3 Å². The van der Waals surface area contributed by atoms with Gasteiger partial charge in [0.05, 0.1) is 36.3 Å². The summed E-state index contributed by atoms with van der Waals surface area (Å²) in [5.41, 5.74) is 4.68. The van der Waals surface area contributed by atoms with Gasteiger partial charge in [-0.3, -0.25) is 4.79 Å². The van der Waals surface area contributed by atoms with Crippen LogP contribution in [0.1, 0.15) is 43.5 Å². The third-order valence-electron chi connectivity index (χ3n) is 7.30. The zero-order valence-electron chi connectivity index (χ0n) is 23.1. The Hall–Kier alpha value is -4.48. The minimum Gasteiger partial charge on any atom is -0.497 e. The smallest absolute Gasteiger partial charge is 0.313 e. The second-order valence-corrected chi connectivity index (χ2v) is 11.4. The van der Waals surface area contributed by atoms with Crippen LogP contribution < -0.4 is 15.0 Å². The lowest BCUT2D eigenvalue weighted by Gasteiger charge is -2.37. The minimum atomic E-state index is -0.553. The van der Waals surface area contributed by atoms with Crippen molar-refractivity contribution in [2.24, 2.45) is 5.41 Å². The lowest BCUT2D eigenvalue weighted by molar-refractivity contribution is -0.157. The summed E-state index contributed by atoms with van der Waals surface area (Å²) in [5, 5.41) is 11.8. The Morgan fingerprint density at radius 2 is 1.88 bits per heavy atom. The number of carbonyl (C=O) groups is 1. The van der Waals surface area contributed by atoms with E-state index in [-0.39, 0.29) is 24.7 Å². The molecule has 1 atom stereocenters. The van der Waals surface area contributed by atoms with E-state index >= 15 is 0 Å². The first-order valence-electron chi connectivity index (χ1n) is 13.4. The van der Waals surface area contributed by atoms with Gasteiger partial charge in [0.15, 0.2) is 6.73 Å². The van der Waals surface area contributed by atoms with Crippen molar-refractivity contribution >= 4 is 17.9 Å². The number of hydrogen-bond acceptors (Lipinski definition) is 10. The Labute approximate surface area is 232 Å². The van der Waals surface area contributed by atoms with Crippen LogP contribution in [0.3, 0.4) is 0 Å². The van der Waals surface area contributed by atoms with Gasteiger partial charge < -0.3 is 24.7 Å². The molecule has 2 aliphatic rings. The number of methoxy groups -OCH3 is 1. The van der Waals surface area contributed by atoms with Crippen molar-refractivity contribution in [1.29, 1.82) is 0 Å². The van der Waals surface area contributed by atoms with Crippen molar-refractivity contribution in [3.05, 3.63) is 59.8 Å². The minimum absolute atomic E-state index is 0.0565. The molecule has 1 aromatic carbocycles. The molecule has 6 rings (SSSR count). The molecule has 1 fully saturated rings. The first-order valence-corrected chi connectivity index (χ1v) is 13.4. The molecule has 1 unspecified atom stereocenters. The van der Waals surface area contributed by atoms with Crippen LogP contribution in [0, 0.1) is 5.41 Å². The fourth-order valence-corrected chi connectivity index (χ4v) is 4.91. The average Bonchev–Trinajstić information content (AvgIpc) is 3.66. The number of anilines is 2. The van der Waals surface area contributed by atoms with E-state index in [1.54, 1.807) is 30.4 Å². The van der Waals surface area contributed by atoms with E-state index < -0.39 is 5.41 Å². The van der Waals surface area contributed by atoms with Gasteiger partial charge in [-0.25, -0.2) is 19.6 Å². The van der Waals surface area contributed by atoms with Gasteiger partial charge in [0.25, 0.3) is 0 Å². The van der Waals surface area contributed by atoms with E-state index in [9.17, 15) is 4.79 Å². The summed E-state index contributed by atoms with van der Waals surface area (Å²) in [4.78, 5) is 31.1. The lowest BCUT2D eigenvalue weighted by atomic mass is 9.97. The zero-order valence-corrected chi connectivity index (χ0v) is 23.1. The zero-order chi connectivity index (χ0) is 27.9. The van der Waals surface area contributed by atoms with Crippen LogP contribution in [0.4, 0.5) is 11.9 Å². The van der Waals surface area contributed by atoms with Crippen LogP contribution in [-0.2, 0) is 29.1 Å². The number of esters is 1. The molecule has 0 amide bonds. The maximum Gasteiger partial charge on any atom is 0.313 e. The monoisotopic (exact) mass is 543 g/mol. The Balaban J connectivity index is 1.00. The third kappa shape index (κ3) is 5.33. The van der Waals surface area contributed by atoms with Crippen LogP contribution in [0.15, 0.2) is 43.0 Å². The van der Waals surface area contributed by atoms with Crippen LogP contribution >= 0.6 is 0 Å². The highest BCUT2D eigenvalue weighted by atomic mass is 16.5. The molecule has 1 aliphatic carbocycles. The number of H-pyrrole nitrogens is 1. The molecule has 0 spiro atoms. The second-order valence-electron chi connectivity index (χ2n) is 11.4. The summed E-state index contributed by atoms with van der Waals surface area (Å²) < 4.78 is 12.2. The molecule has 0 bridgehead atoms. The van der Waals surface area contributed by atoms with Gasteiger partial charge in [0.2, 0.25) is 11.9 Å². The molecule has 4 aromatic rings. The van der Waals surface area contributed by atoms with E-state index in [4.69, 9.17) is 9.47 Å². The lowest BCUT2D eigenvalue weighted by Crippen LogP contribution is -2.45. The van der Waals surface area contributed by atoms with Gasteiger partial charge in [-0.1, -0.05) is 11.3 Å². The average molecular weight is 544 g/mol. The molecule has 3 aromatic heterocycles. The summed E-state index contributed by atoms with van der Waals surface area (Å²) in [7, 11) is 1.69. The van der Waals surface area contributed by atoms with Gasteiger partial charge in [-0.15, -0.1) is 5.10 Å². The van der Waals surface area contributed by atoms with Gasteiger partial charge in [0, 0.05) is 43.0 Å². The van der Waals surface area contributed by atoms with E-state index in [1.165, 1.54) is 11.1 Å². The molecule has 12 heteroatoms. The van der Waals surface area contributed by atoms with Crippen molar-refractivity contribution in [2.75, 3.05) is 30.4 Å². The number of rotatable bonds is 8. The maximum absolute atomic E-state index is 12.0. The quantitative estimate of drug-likeness (QED) is 0.319. The fourth-order valence-electron chi connectivity index (χ4n) is 4.91. The number of nitrogens with zero attached hydrogens (tertiary/aromatic N) is 7. The summed E-state index contributed by atoms with van der Waals surface area (Å²) in [5.74, 6) is 2.25. The predicted molar refractivity (Wildman–Crippen MR) is 148 cm³/mol. The number of imidazole rings is 1. The highest BCUT2D eigenvalue weighted by Crippen LogP contribution is 2.31. The third-order valence-corrected chi connectivity index (χ3v) is 7.30. The molecule has 12 nitrogen and oxygen atoms in total. The Kier molecular flexibility index (Phi) is 6.60. The molecule has 40 heavy (non-hydrogen) atoms. The molecular formula is C28H33N9O3. The fraction of sp³-hybridized carbons (Fsp3) is 0.429. The van der Waals surface area contributed by atoms with E-state index in [0.29, 0.717) is 5.95 Å². The summed E-state index contributed by atoms with van der Waals surface area (Å²) in [6.07, 6.45) is 9.10. The molecule has 4 heterocycles. The Morgan fingerprint density at radius 1 is 1.10 bits per heavy atom. The van der Waals surface area contributed by atoms with Gasteiger partial charge in [-0.05, 0) is 56.9 Å². The first kappa shape index (κ1) is 25.8. The van der Waals surface area contributed by atoms with Crippen LogP contribution in [-0.4, -0.2) is 67.1 Å². The van der Waals surface area contributed by atoms with Crippen molar-refractivity contribution in [3.8, 4) is 17.0 Å². The topological polar surface area (TPSA) is 136 Å². The SMILES string of the molecule is COc1ccc2c(c1)CC(Nc1ncc(-c3cnc(N4CC(c5cn(COC(=O)C(C)(C)C)nn5)C4)[nH]3)cn1)C2. The maximum atomic E-state index is 12.0. The van der Waals surface area contributed by atoms with E-state index in [1.807, 2.05) is 33.0 Å². The molecular weight excluding hydrogens is 510 g/mol. The number of fused-ring (bicyclic) bond motifs is 1. The molecule has 0 radical (unpaired) electrons. The Morgan fingerprint density at radius 3 is 2.62 bits per heavy atom. The van der Waals surface area contributed by atoms with Gasteiger partial charge in [0.1, 0.15) is 5.75 Å². The van der Waals surface area contributed by atoms with Crippen molar-refractivity contribution in [1.82, 2.24) is 34.9 Å². The largest absolute Gasteiger partial charge is 0.497 e. The number of aromatic amines is 1. The number of ether oxygens (including phenoxy) is 2. The summed E-state index contributed by atoms with van der Waals surface area (Å²) >= 11 is 0. The molecule has 1 saturated heterocycles. The summed E-state index contributed by atoms with van der Waals surface area (Å²) in [6.45, 7) is 7.04. The highest BCUT2D eigenvalue weighted by Gasteiger charge is 2.32. The number of carbonyl (C=O) groups excluding carboxylic acids is 1. The normalized spacial score (nSPS) is 16.9. The van der Waals surface area contributed by atoms with Crippen LogP contribution in [0.2, 0.25) is 0 Å². The Bertz CT molecular complexity index is 1500. The number of benzene rings is 1. The van der Waals surface area contributed by atoms with E-state index in [2.05, 4.69) is 52.6 Å². The molecule has 0 saturated carbocycles. The standard InChI is InChI=1S/C28H33N9O3/c1-28(2,3)25(38)40-16-37-15-24(34-35-37)20-13-36(14-20)27-31-12-23(33-27)19-10-29-26(30-11-19)32-21-7-17-5-6-22(39-4)9-18(17)8-21/h5-6,9-12,15,20-21H,7-8,13-14,16H2,1-4H3,(H,31,33)(H,29,30,32). The van der Waals surface area contributed by atoms with Crippen molar-refractivity contribution in [2.45, 2.75) is 52.3 Å². The van der Waals surface area contributed by atoms with Gasteiger partial charge >= 0.3 is 5.97 Å². The molecule has 208 valence electrons. The molecule has 2 N–H and O–H groups in total. The predicted octanol–water partition coefficient (Wildman–Crippen LogP) is 3.20. The highest BCUT2D eigenvalue weighted by molar-refractivity contribution is 5.75. The molecule has 1 aliphatic heterocycles. The van der Waals surface area contributed by atoms with Crippen molar-refractivity contribution in [3.63, 3.8) is 0 Å². The van der Waals surface area contributed by atoms with Crippen LogP contribution in [0.25, 0.3) is 11.3 Å². The van der Waals surface area contributed by atoms with Crippen LogP contribution in [0.5, 0.6) is 5.75 Å². The first-order chi connectivity index (χ1) is 19.2. The van der Waals surface area contributed by atoms with Gasteiger partial charge in [-0.2, -0.15) is 0 Å². The second kappa shape index (κ2) is 10.2. The number of hydrogen-bond donors (Lipinski definition) is 2. The summed E-state index contributed by atoms with van der Waals surface area (Å²) in [6, 6.07) is 6.50. The number of aromatic nitrogens is 7. The number of nitrogens with one attached hydrogen (secondary N) is 2. The van der Waals surface area contributed by atoms with E-state index in [0.717, 1.165) is 54.6 Å².